The SMILES string of the molecule is O=C(Cc1nc(CCl)cs1)NCCCC1CC1. The van der Waals surface area contributed by atoms with E-state index >= 15 is 0 Å². The van der Waals surface area contributed by atoms with E-state index in [9.17, 15) is 4.79 Å². The Labute approximate surface area is 111 Å². The number of alkyl halides is 1. The molecule has 3 nitrogen and oxygen atoms in total. The maximum atomic E-state index is 11.6. The topological polar surface area (TPSA) is 42.0 Å². The lowest BCUT2D eigenvalue weighted by molar-refractivity contribution is -0.120. The van der Waals surface area contributed by atoms with Crippen LogP contribution in [0.2, 0.25) is 0 Å². The van der Waals surface area contributed by atoms with Gasteiger partial charge < -0.3 is 5.32 Å². The molecule has 5 heteroatoms. The third-order valence-electron chi connectivity index (χ3n) is 2.86. The van der Waals surface area contributed by atoms with E-state index in [1.807, 2.05) is 5.38 Å². The minimum atomic E-state index is 0.0660. The molecular formula is C12H17ClN2OS. The molecule has 1 aromatic rings. The average molecular weight is 273 g/mol. The number of amides is 1. The predicted octanol–water partition coefficient (Wildman–Crippen LogP) is 2.73. The van der Waals surface area contributed by atoms with Crippen LogP contribution in [0.25, 0.3) is 0 Å². The number of aromatic nitrogens is 1. The summed E-state index contributed by atoms with van der Waals surface area (Å²) in [5.41, 5.74) is 0.855. The summed E-state index contributed by atoms with van der Waals surface area (Å²) in [6.45, 7) is 0.795. The van der Waals surface area contributed by atoms with Crippen molar-refractivity contribution in [2.24, 2.45) is 5.92 Å². The highest BCUT2D eigenvalue weighted by molar-refractivity contribution is 7.09. The van der Waals surface area contributed by atoms with Gasteiger partial charge in [-0.15, -0.1) is 22.9 Å². The molecule has 1 aliphatic rings. The number of rotatable bonds is 7. The van der Waals surface area contributed by atoms with E-state index in [1.165, 1.54) is 30.6 Å². The highest BCUT2D eigenvalue weighted by Crippen LogP contribution is 2.33. The summed E-state index contributed by atoms with van der Waals surface area (Å²) in [6.07, 6.45) is 5.50. The van der Waals surface area contributed by atoms with Gasteiger partial charge in [0.15, 0.2) is 0 Å². The zero-order chi connectivity index (χ0) is 12.1. The number of carbonyl (C=O) groups is 1. The van der Waals surface area contributed by atoms with E-state index in [1.54, 1.807) is 0 Å². The third kappa shape index (κ3) is 4.64. The second-order valence-electron chi connectivity index (χ2n) is 4.48. The first kappa shape index (κ1) is 12.8. The molecule has 0 unspecified atom stereocenters. The summed E-state index contributed by atoms with van der Waals surface area (Å²) in [4.78, 5) is 15.9. The van der Waals surface area contributed by atoms with Crippen LogP contribution in [-0.4, -0.2) is 17.4 Å². The van der Waals surface area contributed by atoms with Crippen LogP contribution in [0.1, 0.15) is 36.4 Å². The van der Waals surface area contributed by atoms with E-state index in [0.29, 0.717) is 12.3 Å². The number of halogens is 1. The molecule has 1 aliphatic carbocycles. The normalized spacial score (nSPS) is 14.9. The third-order valence-corrected chi connectivity index (χ3v) is 4.03. The first-order valence-corrected chi connectivity index (χ1v) is 7.45. The Balaban J connectivity index is 1.61. The second-order valence-corrected chi connectivity index (χ2v) is 5.69. The molecule has 1 saturated carbocycles. The van der Waals surface area contributed by atoms with Crippen LogP contribution in [0.3, 0.4) is 0 Å². The minimum Gasteiger partial charge on any atom is -0.356 e. The number of hydrogen-bond acceptors (Lipinski definition) is 3. The van der Waals surface area contributed by atoms with Crippen LogP contribution in [0, 0.1) is 5.92 Å². The fourth-order valence-electron chi connectivity index (χ4n) is 1.72. The number of nitrogens with zero attached hydrogens (tertiary/aromatic N) is 1. The van der Waals surface area contributed by atoms with Crippen molar-refractivity contribution in [3.8, 4) is 0 Å². The molecule has 0 radical (unpaired) electrons. The largest absolute Gasteiger partial charge is 0.356 e. The van der Waals surface area contributed by atoms with Gasteiger partial charge in [-0.2, -0.15) is 0 Å². The summed E-state index contributed by atoms with van der Waals surface area (Å²) in [7, 11) is 0. The van der Waals surface area contributed by atoms with E-state index in [2.05, 4.69) is 10.3 Å². The molecule has 94 valence electrons. The highest BCUT2D eigenvalue weighted by Gasteiger charge is 2.20. The van der Waals surface area contributed by atoms with Crippen molar-refractivity contribution in [3.05, 3.63) is 16.1 Å². The molecule has 0 bridgehead atoms. The van der Waals surface area contributed by atoms with Crippen LogP contribution in [0.4, 0.5) is 0 Å². The van der Waals surface area contributed by atoms with E-state index in [4.69, 9.17) is 11.6 Å². The Morgan fingerprint density at radius 3 is 3.06 bits per heavy atom. The van der Waals surface area contributed by atoms with Crippen molar-refractivity contribution in [2.75, 3.05) is 6.54 Å². The van der Waals surface area contributed by atoms with Crippen molar-refractivity contribution in [1.29, 1.82) is 0 Å². The number of carbonyl (C=O) groups excluding carboxylic acids is 1. The quantitative estimate of drug-likeness (QED) is 0.613. The first-order chi connectivity index (χ1) is 8.28. The van der Waals surface area contributed by atoms with Gasteiger partial charge in [-0.3, -0.25) is 4.79 Å². The molecule has 17 heavy (non-hydrogen) atoms. The molecule has 1 N–H and O–H groups in total. The fourth-order valence-corrected chi connectivity index (χ4v) is 2.74. The lowest BCUT2D eigenvalue weighted by atomic mass is 10.2. The standard InChI is InChI=1S/C12H17ClN2OS/c13-7-10-8-17-12(15-10)6-11(16)14-5-1-2-9-3-4-9/h8-9H,1-7H2,(H,14,16). The Bertz CT molecular complexity index is 376. The molecule has 1 heterocycles. The summed E-state index contributed by atoms with van der Waals surface area (Å²) in [6, 6.07) is 0. The van der Waals surface area contributed by atoms with Crippen molar-refractivity contribution < 1.29 is 4.79 Å². The van der Waals surface area contributed by atoms with Gasteiger partial charge >= 0.3 is 0 Å². The number of thiazole rings is 1. The fraction of sp³-hybridized carbons (Fsp3) is 0.667. The van der Waals surface area contributed by atoms with Crippen molar-refractivity contribution >= 4 is 28.8 Å². The van der Waals surface area contributed by atoms with Crippen LogP contribution in [0.5, 0.6) is 0 Å². The molecule has 0 saturated heterocycles. The maximum absolute atomic E-state index is 11.6. The van der Waals surface area contributed by atoms with Crippen molar-refractivity contribution in [2.45, 2.75) is 38.0 Å². The molecule has 1 amide bonds. The minimum absolute atomic E-state index is 0.0660. The van der Waals surface area contributed by atoms with Crippen LogP contribution < -0.4 is 5.32 Å². The molecule has 2 rings (SSSR count). The van der Waals surface area contributed by atoms with Gasteiger partial charge in [-0.25, -0.2) is 4.98 Å². The predicted molar refractivity (Wildman–Crippen MR) is 70.3 cm³/mol. The van der Waals surface area contributed by atoms with Gasteiger partial charge in [-0.05, 0) is 18.8 Å². The summed E-state index contributed by atoms with van der Waals surface area (Å²) >= 11 is 7.16. The zero-order valence-corrected chi connectivity index (χ0v) is 11.3. The van der Waals surface area contributed by atoms with Gasteiger partial charge in [-0.1, -0.05) is 12.8 Å². The lowest BCUT2D eigenvalue weighted by Crippen LogP contribution is -2.26. The smallest absolute Gasteiger partial charge is 0.226 e. The zero-order valence-electron chi connectivity index (χ0n) is 9.75. The molecule has 0 aliphatic heterocycles. The Morgan fingerprint density at radius 1 is 1.59 bits per heavy atom. The lowest BCUT2D eigenvalue weighted by Gasteiger charge is -2.03. The molecular weight excluding hydrogens is 256 g/mol. The van der Waals surface area contributed by atoms with Gasteiger partial charge in [0.05, 0.1) is 18.0 Å². The molecule has 0 atom stereocenters. The van der Waals surface area contributed by atoms with Crippen LogP contribution >= 0.6 is 22.9 Å². The highest BCUT2D eigenvalue weighted by atomic mass is 35.5. The molecule has 1 fully saturated rings. The first-order valence-electron chi connectivity index (χ1n) is 6.04. The van der Waals surface area contributed by atoms with E-state index in [-0.39, 0.29) is 5.91 Å². The Hall–Kier alpha value is -0.610. The van der Waals surface area contributed by atoms with Gasteiger partial charge in [0.1, 0.15) is 5.01 Å². The van der Waals surface area contributed by atoms with Crippen molar-refractivity contribution in [3.63, 3.8) is 0 Å². The maximum Gasteiger partial charge on any atom is 0.226 e. The Kier molecular flexibility index (Phi) is 4.80. The van der Waals surface area contributed by atoms with Crippen molar-refractivity contribution in [1.82, 2.24) is 10.3 Å². The molecule has 1 aromatic heterocycles. The van der Waals surface area contributed by atoms with Gasteiger partial charge in [0.2, 0.25) is 5.91 Å². The van der Waals surface area contributed by atoms with Crippen LogP contribution in [-0.2, 0) is 17.1 Å². The summed E-state index contributed by atoms with van der Waals surface area (Å²) in [5.74, 6) is 1.42. The molecule has 0 aromatic carbocycles. The molecule has 0 spiro atoms. The monoisotopic (exact) mass is 272 g/mol. The average Bonchev–Trinajstić information content (AvgIpc) is 3.04. The van der Waals surface area contributed by atoms with E-state index < -0.39 is 0 Å². The van der Waals surface area contributed by atoms with E-state index in [0.717, 1.165) is 29.6 Å². The summed E-state index contributed by atoms with van der Waals surface area (Å²) in [5, 5.41) is 5.69. The Morgan fingerprint density at radius 2 is 2.41 bits per heavy atom. The number of nitrogens with one attached hydrogen (secondary N) is 1. The summed E-state index contributed by atoms with van der Waals surface area (Å²) < 4.78 is 0. The second kappa shape index (κ2) is 6.36. The number of hydrogen-bond donors (Lipinski definition) is 1. The van der Waals surface area contributed by atoms with Gasteiger partial charge in [0.25, 0.3) is 0 Å². The van der Waals surface area contributed by atoms with Gasteiger partial charge in [0, 0.05) is 11.9 Å². The van der Waals surface area contributed by atoms with Crippen LogP contribution in [0.15, 0.2) is 5.38 Å².